The molecule has 2 aliphatic heterocycles. The molecule has 0 atom stereocenters. The van der Waals surface area contributed by atoms with Gasteiger partial charge in [0.15, 0.2) is 0 Å². The Kier molecular flexibility index (Phi) is 6.43. The Hall–Kier alpha value is -2.73. The predicted molar refractivity (Wildman–Crippen MR) is 120 cm³/mol. The van der Waals surface area contributed by atoms with Crippen LogP contribution in [0.2, 0.25) is 5.02 Å². The first-order valence-electron chi connectivity index (χ1n) is 10.5. The summed E-state index contributed by atoms with van der Waals surface area (Å²) in [6.45, 7) is 4.20. The maximum absolute atomic E-state index is 13.0. The van der Waals surface area contributed by atoms with Gasteiger partial charge in [0.1, 0.15) is 0 Å². The third kappa shape index (κ3) is 4.70. The summed E-state index contributed by atoms with van der Waals surface area (Å²) in [5, 5.41) is 3.67. The van der Waals surface area contributed by atoms with Gasteiger partial charge in [0.2, 0.25) is 5.91 Å². The number of likely N-dealkylation sites (tertiary alicyclic amines) is 1. The van der Waals surface area contributed by atoms with Crippen LogP contribution in [-0.4, -0.2) is 61.0 Å². The quantitative estimate of drug-likeness (QED) is 0.808. The van der Waals surface area contributed by atoms with E-state index in [1.165, 1.54) is 0 Å². The van der Waals surface area contributed by atoms with Crippen molar-refractivity contribution in [3.8, 4) is 0 Å². The molecule has 0 unspecified atom stereocenters. The van der Waals surface area contributed by atoms with Crippen LogP contribution in [0.1, 0.15) is 12.8 Å². The summed E-state index contributed by atoms with van der Waals surface area (Å²) in [7, 11) is 0. The van der Waals surface area contributed by atoms with Crippen LogP contribution in [0, 0.1) is 5.92 Å². The third-order valence-corrected chi connectivity index (χ3v) is 6.26. The molecule has 0 aromatic heterocycles. The van der Waals surface area contributed by atoms with Gasteiger partial charge < -0.3 is 20.0 Å². The summed E-state index contributed by atoms with van der Waals surface area (Å²) >= 11 is 6.31. The fraction of sp³-hybridized carbons (Fsp3) is 0.391. The van der Waals surface area contributed by atoms with Gasteiger partial charge >= 0.3 is 6.03 Å². The lowest BCUT2D eigenvalue weighted by atomic mass is 9.95. The van der Waals surface area contributed by atoms with E-state index in [1.807, 2.05) is 59.5 Å². The van der Waals surface area contributed by atoms with Gasteiger partial charge in [0.05, 0.1) is 10.7 Å². The van der Waals surface area contributed by atoms with Crippen molar-refractivity contribution in [3.63, 3.8) is 0 Å². The van der Waals surface area contributed by atoms with Crippen LogP contribution in [0.4, 0.5) is 16.2 Å². The van der Waals surface area contributed by atoms with Crippen molar-refractivity contribution in [3.05, 3.63) is 59.6 Å². The lowest BCUT2D eigenvalue weighted by Crippen LogP contribution is -2.52. The standard InChI is InChI=1S/C23H27ClN4O2/c24-20-8-4-5-9-21(20)26-14-16-27(17-15-26)22(29)18-10-12-28(13-11-18)23(30)25-19-6-2-1-3-7-19/h1-9,18H,10-17H2,(H,25,30). The molecule has 0 radical (unpaired) electrons. The van der Waals surface area contributed by atoms with Crippen molar-refractivity contribution in [1.82, 2.24) is 9.80 Å². The molecule has 2 aromatic carbocycles. The van der Waals surface area contributed by atoms with Crippen LogP contribution in [0.3, 0.4) is 0 Å². The van der Waals surface area contributed by atoms with E-state index in [0.29, 0.717) is 39.0 Å². The average Bonchev–Trinajstić information content (AvgIpc) is 2.80. The minimum absolute atomic E-state index is 0.00219. The second kappa shape index (κ2) is 9.39. The topological polar surface area (TPSA) is 55.9 Å². The van der Waals surface area contributed by atoms with Crippen molar-refractivity contribution >= 4 is 34.9 Å². The first kappa shape index (κ1) is 20.5. The summed E-state index contributed by atoms with van der Waals surface area (Å²) in [4.78, 5) is 31.4. The average molecular weight is 427 g/mol. The molecular formula is C23H27ClN4O2. The Bertz CT molecular complexity index is 876. The second-order valence-electron chi connectivity index (χ2n) is 7.82. The number of amides is 3. The number of carbonyl (C=O) groups is 2. The number of piperazine rings is 1. The Morgan fingerprint density at radius 2 is 1.43 bits per heavy atom. The fourth-order valence-electron chi connectivity index (χ4n) is 4.19. The van der Waals surface area contributed by atoms with E-state index in [9.17, 15) is 9.59 Å². The summed E-state index contributed by atoms with van der Waals surface area (Å²) in [6, 6.07) is 17.2. The molecule has 0 saturated carbocycles. The number of nitrogens with one attached hydrogen (secondary N) is 1. The fourth-order valence-corrected chi connectivity index (χ4v) is 4.44. The van der Waals surface area contributed by atoms with Crippen molar-refractivity contribution < 1.29 is 9.59 Å². The van der Waals surface area contributed by atoms with Crippen LogP contribution in [0.25, 0.3) is 0 Å². The first-order valence-corrected chi connectivity index (χ1v) is 10.9. The zero-order chi connectivity index (χ0) is 20.9. The number of hydrogen-bond donors (Lipinski definition) is 1. The molecule has 2 fully saturated rings. The van der Waals surface area contributed by atoms with Crippen LogP contribution in [-0.2, 0) is 4.79 Å². The summed E-state index contributed by atoms with van der Waals surface area (Å²) < 4.78 is 0. The maximum Gasteiger partial charge on any atom is 0.321 e. The summed E-state index contributed by atoms with van der Waals surface area (Å²) in [6.07, 6.45) is 1.43. The van der Waals surface area contributed by atoms with E-state index >= 15 is 0 Å². The molecule has 2 aliphatic rings. The molecule has 0 bridgehead atoms. The zero-order valence-corrected chi connectivity index (χ0v) is 17.7. The third-order valence-electron chi connectivity index (χ3n) is 5.94. The highest BCUT2D eigenvalue weighted by atomic mass is 35.5. The largest absolute Gasteiger partial charge is 0.367 e. The van der Waals surface area contributed by atoms with Crippen molar-refractivity contribution in [1.29, 1.82) is 0 Å². The van der Waals surface area contributed by atoms with E-state index in [1.54, 1.807) is 4.90 Å². The summed E-state index contributed by atoms with van der Waals surface area (Å²) in [5.74, 6) is 0.217. The first-order chi connectivity index (χ1) is 14.6. The van der Waals surface area contributed by atoms with Gasteiger partial charge in [-0.15, -0.1) is 0 Å². The van der Waals surface area contributed by atoms with E-state index in [0.717, 1.165) is 29.5 Å². The highest BCUT2D eigenvalue weighted by molar-refractivity contribution is 6.33. The van der Waals surface area contributed by atoms with Crippen LogP contribution in [0.5, 0.6) is 0 Å². The zero-order valence-electron chi connectivity index (χ0n) is 17.0. The number of rotatable bonds is 3. The number of hydrogen-bond acceptors (Lipinski definition) is 3. The number of para-hydroxylation sites is 2. The van der Waals surface area contributed by atoms with Gasteiger partial charge in [0, 0.05) is 50.9 Å². The molecule has 7 heteroatoms. The van der Waals surface area contributed by atoms with Gasteiger partial charge in [-0.2, -0.15) is 0 Å². The Balaban J connectivity index is 1.25. The van der Waals surface area contributed by atoms with Crippen LogP contribution in [0.15, 0.2) is 54.6 Å². The van der Waals surface area contributed by atoms with Crippen LogP contribution >= 0.6 is 11.6 Å². The highest BCUT2D eigenvalue weighted by Gasteiger charge is 2.32. The van der Waals surface area contributed by atoms with Gasteiger partial charge in [-0.25, -0.2) is 4.79 Å². The number of carbonyl (C=O) groups excluding carboxylic acids is 2. The molecule has 2 heterocycles. The molecule has 2 aromatic rings. The molecule has 1 N–H and O–H groups in total. The smallest absolute Gasteiger partial charge is 0.321 e. The molecule has 30 heavy (non-hydrogen) atoms. The summed E-state index contributed by atoms with van der Waals surface area (Å²) in [5.41, 5.74) is 1.82. The molecule has 6 nitrogen and oxygen atoms in total. The van der Waals surface area contributed by atoms with Gasteiger partial charge in [0.25, 0.3) is 0 Å². The lowest BCUT2D eigenvalue weighted by molar-refractivity contribution is -0.137. The molecule has 0 spiro atoms. The van der Waals surface area contributed by atoms with Gasteiger partial charge in [-0.1, -0.05) is 41.9 Å². The molecule has 0 aliphatic carbocycles. The Labute approximate surface area is 182 Å². The molecule has 4 rings (SSSR count). The van der Waals surface area contributed by atoms with Crippen molar-refractivity contribution in [2.75, 3.05) is 49.5 Å². The predicted octanol–water partition coefficient (Wildman–Crippen LogP) is 3.93. The Morgan fingerprint density at radius 3 is 2.10 bits per heavy atom. The molecule has 2 saturated heterocycles. The van der Waals surface area contributed by atoms with Crippen molar-refractivity contribution in [2.24, 2.45) is 5.92 Å². The van der Waals surface area contributed by atoms with Crippen molar-refractivity contribution in [2.45, 2.75) is 12.8 Å². The Morgan fingerprint density at radius 1 is 0.800 bits per heavy atom. The minimum atomic E-state index is -0.0968. The van der Waals surface area contributed by atoms with E-state index in [2.05, 4.69) is 10.2 Å². The van der Waals surface area contributed by atoms with Gasteiger partial charge in [-0.05, 0) is 37.1 Å². The molecule has 158 valence electrons. The van der Waals surface area contributed by atoms with E-state index in [4.69, 9.17) is 11.6 Å². The monoisotopic (exact) mass is 426 g/mol. The number of halogens is 1. The van der Waals surface area contributed by atoms with E-state index < -0.39 is 0 Å². The number of nitrogens with zero attached hydrogens (tertiary/aromatic N) is 3. The molecule has 3 amide bonds. The van der Waals surface area contributed by atoms with Gasteiger partial charge in [-0.3, -0.25) is 4.79 Å². The maximum atomic E-state index is 13.0. The normalized spacial score (nSPS) is 17.7. The molecular weight excluding hydrogens is 400 g/mol. The van der Waals surface area contributed by atoms with E-state index in [-0.39, 0.29) is 17.9 Å². The number of benzene rings is 2. The number of anilines is 2. The SMILES string of the molecule is O=C(Nc1ccccc1)N1CCC(C(=O)N2CCN(c3ccccc3Cl)CC2)CC1. The van der Waals surface area contributed by atoms with Crippen LogP contribution < -0.4 is 10.2 Å². The number of urea groups is 1. The highest BCUT2D eigenvalue weighted by Crippen LogP contribution is 2.27. The second-order valence-corrected chi connectivity index (χ2v) is 8.23. The minimum Gasteiger partial charge on any atom is -0.367 e. The number of piperidine rings is 1. The lowest BCUT2D eigenvalue weighted by Gasteiger charge is -2.39.